The number of fused-ring (bicyclic) bond motifs is 1. The van der Waals surface area contributed by atoms with Crippen LogP contribution < -0.4 is 0 Å². The number of benzene rings is 1. The Morgan fingerprint density at radius 1 is 1.00 bits per heavy atom. The second-order valence-corrected chi connectivity index (χ2v) is 6.44. The summed E-state index contributed by atoms with van der Waals surface area (Å²) in [7, 11) is 0. The molecule has 0 radical (unpaired) electrons. The molecule has 0 saturated heterocycles. The number of Topliss-reactive ketones (excluding diaryl/α,β-unsaturated/α-hetero) is 1. The van der Waals surface area contributed by atoms with Gasteiger partial charge in [0.1, 0.15) is 0 Å². The maximum atomic E-state index is 11.5. The van der Waals surface area contributed by atoms with E-state index in [2.05, 4.69) is 17.0 Å². The molecule has 1 fully saturated rings. The number of rotatable bonds is 2. The first kappa shape index (κ1) is 13.8. The van der Waals surface area contributed by atoms with Crippen molar-refractivity contribution in [2.75, 3.05) is 0 Å². The maximum absolute atomic E-state index is 11.5. The third-order valence-corrected chi connectivity index (χ3v) is 4.95. The first-order valence-corrected chi connectivity index (χ1v) is 8.11. The highest BCUT2D eigenvalue weighted by Gasteiger charge is 2.26. The second kappa shape index (κ2) is 6.09. The maximum Gasteiger partial charge on any atom is 0.159 e. The molecular weight excluding hydrogens is 246 g/mol. The van der Waals surface area contributed by atoms with Crippen molar-refractivity contribution in [3.8, 4) is 0 Å². The summed E-state index contributed by atoms with van der Waals surface area (Å²) in [6, 6.07) is 7.02. The van der Waals surface area contributed by atoms with Gasteiger partial charge in [0.2, 0.25) is 0 Å². The summed E-state index contributed by atoms with van der Waals surface area (Å²) >= 11 is 0. The molecule has 0 bridgehead atoms. The summed E-state index contributed by atoms with van der Waals surface area (Å²) in [6.45, 7) is 3.78. The Hall–Kier alpha value is -1.15. The molecule has 3 rings (SSSR count). The summed E-state index contributed by atoms with van der Waals surface area (Å²) in [4.78, 5) is 14.1. The largest absolute Gasteiger partial charge is 0.295 e. The fraction of sp³-hybridized carbons (Fsp3) is 0.611. The Morgan fingerprint density at radius 2 is 1.65 bits per heavy atom. The molecule has 0 amide bonds. The highest BCUT2D eigenvalue weighted by molar-refractivity contribution is 5.94. The minimum atomic E-state index is 0.178. The van der Waals surface area contributed by atoms with Crippen LogP contribution >= 0.6 is 0 Å². The van der Waals surface area contributed by atoms with E-state index in [0.29, 0.717) is 0 Å². The van der Waals surface area contributed by atoms with Gasteiger partial charge in [-0.25, -0.2) is 0 Å². The van der Waals surface area contributed by atoms with Crippen LogP contribution in [0.4, 0.5) is 0 Å². The molecule has 1 heterocycles. The first-order valence-electron chi connectivity index (χ1n) is 8.11. The van der Waals surface area contributed by atoms with E-state index in [1.807, 2.05) is 6.07 Å². The van der Waals surface area contributed by atoms with Gasteiger partial charge >= 0.3 is 0 Å². The standard InChI is InChI=1S/C18H25NO/c1-14(20)15-9-10-16-12-19(13-17(16)11-15)18-7-5-3-2-4-6-8-18/h9-11,18H,2-8,12-13H2,1H3. The fourth-order valence-electron chi connectivity index (χ4n) is 3.70. The molecule has 2 aliphatic rings. The van der Waals surface area contributed by atoms with Gasteiger partial charge in [-0.2, -0.15) is 0 Å². The Balaban J connectivity index is 1.70. The quantitative estimate of drug-likeness (QED) is 0.747. The summed E-state index contributed by atoms with van der Waals surface area (Å²) < 4.78 is 0. The van der Waals surface area contributed by atoms with Crippen LogP contribution in [0.25, 0.3) is 0 Å². The number of ketones is 1. The molecule has 20 heavy (non-hydrogen) atoms. The summed E-state index contributed by atoms with van der Waals surface area (Å²) in [5.74, 6) is 0.178. The molecule has 1 saturated carbocycles. The van der Waals surface area contributed by atoms with Gasteiger partial charge < -0.3 is 0 Å². The SMILES string of the molecule is CC(=O)c1ccc2c(c1)CN(C1CCCCCCC1)C2. The molecule has 1 aliphatic heterocycles. The molecule has 2 heteroatoms. The highest BCUT2D eigenvalue weighted by Crippen LogP contribution is 2.30. The van der Waals surface area contributed by atoms with Gasteiger partial charge in [0, 0.05) is 24.7 Å². The number of carbonyl (C=O) groups excluding carboxylic acids is 1. The molecule has 108 valence electrons. The van der Waals surface area contributed by atoms with E-state index >= 15 is 0 Å². The minimum absolute atomic E-state index is 0.178. The van der Waals surface area contributed by atoms with Crippen LogP contribution in [0, 0.1) is 0 Å². The predicted molar refractivity (Wildman–Crippen MR) is 81.8 cm³/mol. The van der Waals surface area contributed by atoms with Crippen molar-refractivity contribution in [3.63, 3.8) is 0 Å². The molecule has 2 nitrogen and oxygen atoms in total. The lowest BCUT2D eigenvalue weighted by atomic mass is 9.96. The van der Waals surface area contributed by atoms with Crippen LogP contribution in [-0.2, 0) is 13.1 Å². The van der Waals surface area contributed by atoms with E-state index in [-0.39, 0.29) is 5.78 Å². The molecule has 0 N–H and O–H groups in total. The van der Waals surface area contributed by atoms with Gasteiger partial charge in [0.15, 0.2) is 5.78 Å². The summed E-state index contributed by atoms with van der Waals surface area (Å²) in [6.07, 6.45) is 9.72. The molecule has 1 aliphatic carbocycles. The smallest absolute Gasteiger partial charge is 0.159 e. The Morgan fingerprint density at radius 3 is 2.35 bits per heavy atom. The van der Waals surface area contributed by atoms with Crippen molar-refractivity contribution in [2.45, 2.75) is 71.0 Å². The van der Waals surface area contributed by atoms with Gasteiger partial charge in [0.05, 0.1) is 0 Å². The van der Waals surface area contributed by atoms with E-state index < -0.39 is 0 Å². The van der Waals surface area contributed by atoms with E-state index in [0.717, 1.165) is 24.7 Å². The average molecular weight is 271 g/mol. The number of nitrogens with zero attached hydrogens (tertiary/aromatic N) is 1. The topological polar surface area (TPSA) is 20.3 Å². The zero-order chi connectivity index (χ0) is 13.9. The molecule has 0 atom stereocenters. The van der Waals surface area contributed by atoms with Crippen LogP contribution in [0.1, 0.15) is 73.4 Å². The Kier molecular flexibility index (Phi) is 4.21. The van der Waals surface area contributed by atoms with Crippen molar-refractivity contribution in [2.24, 2.45) is 0 Å². The van der Waals surface area contributed by atoms with E-state index in [1.165, 1.54) is 56.1 Å². The van der Waals surface area contributed by atoms with E-state index in [9.17, 15) is 4.79 Å². The number of hydrogen-bond acceptors (Lipinski definition) is 2. The van der Waals surface area contributed by atoms with E-state index in [1.54, 1.807) is 6.92 Å². The lowest BCUT2D eigenvalue weighted by molar-refractivity contribution is 0.101. The van der Waals surface area contributed by atoms with Crippen molar-refractivity contribution < 1.29 is 4.79 Å². The summed E-state index contributed by atoms with van der Waals surface area (Å²) in [5, 5.41) is 0. The molecular formula is C18H25NO. The third-order valence-electron chi connectivity index (χ3n) is 4.95. The molecule has 1 aromatic rings. The van der Waals surface area contributed by atoms with Crippen molar-refractivity contribution >= 4 is 5.78 Å². The van der Waals surface area contributed by atoms with Crippen LogP contribution in [-0.4, -0.2) is 16.7 Å². The van der Waals surface area contributed by atoms with Gasteiger partial charge in [0.25, 0.3) is 0 Å². The number of hydrogen-bond donors (Lipinski definition) is 0. The van der Waals surface area contributed by atoms with Crippen LogP contribution in [0.5, 0.6) is 0 Å². The molecule has 1 aromatic carbocycles. The normalized spacial score (nSPS) is 21.2. The van der Waals surface area contributed by atoms with Crippen molar-refractivity contribution in [1.29, 1.82) is 0 Å². The predicted octanol–water partition coefficient (Wildman–Crippen LogP) is 4.32. The zero-order valence-electron chi connectivity index (χ0n) is 12.5. The number of carbonyl (C=O) groups is 1. The Bertz CT molecular complexity index is 486. The van der Waals surface area contributed by atoms with Crippen LogP contribution in [0.15, 0.2) is 18.2 Å². The van der Waals surface area contributed by atoms with Gasteiger partial charge in [-0.15, -0.1) is 0 Å². The van der Waals surface area contributed by atoms with Crippen LogP contribution in [0.3, 0.4) is 0 Å². The first-order chi connectivity index (χ1) is 9.74. The fourth-order valence-corrected chi connectivity index (χ4v) is 3.70. The van der Waals surface area contributed by atoms with Gasteiger partial charge in [-0.05, 0) is 37.0 Å². The molecule has 0 aromatic heterocycles. The highest BCUT2D eigenvalue weighted by atomic mass is 16.1. The average Bonchev–Trinajstić information content (AvgIpc) is 2.80. The van der Waals surface area contributed by atoms with E-state index in [4.69, 9.17) is 0 Å². The Labute approximate surface area is 122 Å². The van der Waals surface area contributed by atoms with Gasteiger partial charge in [-0.1, -0.05) is 44.2 Å². The van der Waals surface area contributed by atoms with Crippen LogP contribution in [0.2, 0.25) is 0 Å². The molecule has 0 spiro atoms. The summed E-state index contributed by atoms with van der Waals surface area (Å²) in [5.41, 5.74) is 3.67. The van der Waals surface area contributed by atoms with Gasteiger partial charge in [-0.3, -0.25) is 9.69 Å². The lowest BCUT2D eigenvalue weighted by Crippen LogP contribution is -2.31. The monoisotopic (exact) mass is 271 g/mol. The minimum Gasteiger partial charge on any atom is -0.295 e. The third kappa shape index (κ3) is 2.95. The lowest BCUT2D eigenvalue weighted by Gasteiger charge is -2.29. The second-order valence-electron chi connectivity index (χ2n) is 6.44. The van der Waals surface area contributed by atoms with Crippen molar-refractivity contribution in [3.05, 3.63) is 34.9 Å². The molecule has 0 unspecified atom stereocenters. The van der Waals surface area contributed by atoms with Crippen molar-refractivity contribution in [1.82, 2.24) is 4.90 Å². The zero-order valence-corrected chi connectivity index (χ0v) is 12.5.